The molecule has 2 heterocycles. The van der Waals surface area contributed by atoms with Gasteiger partial charge in [-0.15, -0.1) is 0 Å². The van der Waals surface area contributed by atoms with Gasteiger partial charge < -0.3 is 16.2 Å². The zero-order valence-electron chi connectivity index (χ0n) is 16.6. The Morgan fingerprint density at radius 1 is 1.17 bits per heavy atom. The van der Waals surface area contributed by atoms with E-state index < -0.39 is 21.8 Å². The third-order valence-electron chi connectivity index (χ3n) is 5.60. The molecule has 1 fully saturated rings. The van der Waals surface area contributed by atoms with Crippen molar-refractivity contribution in [2.45, 2.75) is 48.5 Å². The fraction of sp³-hybridized carbons (Fsp3) is 0.450. The first-order chi connectivity index (χ1) is 14.5. The lowest BCUT2D eigenvalue weighted by Gasteiger charge is -2.25. The van der Waals surface area contributed by atoms with Crippen LogP contribution in [0.1, 0.15) is 25.7 Å². The lowest BCUT2D eigenvalue weighted by Crippen LogP contribution is -2.34. The number of anilines is 1. The number of aliphatic hydroxyl groups is 1. The van der Waals surface area contributed by atoms with E-state index in [0.29, 0.717) is 11.6 Å². The average Bonchev–Trinajstić information content (AvgIpc) is 3.16. The van der Waals surface area contributed by atoms with Gasteiger partial charge >= 0.3 is 0 Å². The molecule has 0 spiro atoms. The predicted octanol–water partition coefficient (Wildman–Crippen LogP) is 1.55. The minimum atomic E-state index is -3.80. The Labute approximate surface area is 175 Å². The maximum absolute atomic E-state index is 12.8. The zero-order valence-corrected chi connectivity index (χ0v) is 17.4. The smallest absolute Gasteiger partial charge is 0.225 e. The number of aromatic nitrogens is 4. The van der Waals surface area contributed by atoms with Gasteiger partial charge in [-0.2, -0.15) is 10.1 Å². The third-order valence-corrected chi connectivity index (χ3v) is 7.55. The van der Waals surface area contributed by atoms with E-state index in [0.717, 1.165) is 37.6 Å². The molecule has 0 saturated heterocycles. The monoisotopic (exact) mass is 430 g/mol. The highest BCUT2D eigenvalue weighted by Crippen LogP contribution is 2.26. The van der Waals surface area contributed by atoms with Crippen molar-refractivity contribution in [2.24, 2.45) is 11.7 Å². The molecule has 1 saturated carbocycles. The van der Waals surface area contributed by atoms with Crippen LogP contribution in [0.5, 0.6) is 0 Å². The number of rotatable bonds is 7. The van der Waals surface area contributed by atoms with Crippen molar-refractivity contribution >= 4 is 26.8 Å². The Morgan fingerprint density at radius 2 is 1.90 bits per heavy atom. The average molecular weight is 431 g/mol. The number of nitrogens with one attached hydrogen (secondary N) is 1. The summed E-state index contributed by atoms with van der Waals surface area (Å²) in [6.07, 6.45) is 7.45. The van der Waals surface area contributed by atoms with Crippen LogP contribution in [0.2, 0.25) is 0 Å². The van der Waals surface area contributed by atoms with E-state index in [-0.39, 0.29) is 16.9 Å². The summed E-state index contributed by atoms with van der Waals surface area (Å²) in [6.45, 7) is 0.124. The molecule has 1 aliphatic rings. The predicted molar refractivity (Wildman–Crippen MR) is 113 cm³/mol. The minimum Gasteiger partial charge on any atom is -0.393 e. The van der Waals surface area contributed by atoms with Crippen molar-refractivity contribution < 1.29 is 13.5 Å². The Kier molecular flexibility index (Phi) is 5.98. The van der Waals surface area contributed by atoms with Crippen molar-refractivity contribution in [1.82, 2.24) is 19.7 Å². The molecule has 30 heavy (non-hydrogen) atoms. The van der Waals surface area contributed by atoms with Gasteiger partial charge in [-0.1, -0.05) is 18.2 Å². The summed E-state index contributed by atoms with van der Waals surface area (Å²) >= 11 is 0. The van der Waals surface area contributed by atoms with Crippen molar-refractivity contribution in [3.8, 4) is 0 Å². The number of hydrogen-bond acceptors (Lipinski definition) is 8. The van der Waals surface area contributed by atoms with E-state index in [9.17, 15) is 13.5 Å². The quantitative estimate of drug-likeness (QED) is 0.514. The number of nitrogens with zero attached hydrogens (tertiary/aromatic N) is 4. The van der Waals surface area contributed by atoms with E-state index in [4.69, 9.17) is 5.73 Å². The highest BCUT2D eigenvalue weighted by atomic mass is 32.2. The summed E-state index contributed by atoms with van der Waals surface area (Å²) in [6, 6.07) is 8.29. The second kappa shape index (κ2) is 8.66. The van der Waals surface area contributed by atoms with E-state index >= 15 is 0 Å². The molecule has 4 N–H and O–H groups in total. The molecular weight excluding hydrogens is 404 g/mol. The minimum absolute atomic E-state index is 0.123. The first-order valence-electron chi connectivity index (χ1n) is 10.1. The summed E-state index contributed by atoms with van der Waals surface area (Å²) in [5, 5.41) is 16.4. The summed E-state index contributed by atoms with van der Waals surface area (Å²) < 4.78 is 27.5. The number of sulfone groups is 1. The van der Waals surface area contributed by atoms with Crippen molar-refractivity contribution in [3.05, 3.63) is 42.7 Å². The fourth-order valence-electron chi connectivity index (χ4n) is 3.82. The van der Waals surface area contributed by atoms with Crippen LogP contribution in [0.3, 0.4) is 0 Å². The second-order valence-electron chi connectivity index (χ2n) is 7.75. The highest BCUT2D eigenvalue weighted by molar-refractivity contribution is 7.92. The van der Waals surface area contributed by atoms with Gasteiger partial charge in [0.05, 0.1) is 23.1 Å². The molecule has 3 aromatic rings. The molecule has 0 amide bonds. The molecule has 160 valence electrons. The largest absolute Gasteiger partial charge is 0.393 e. The Bertz CT molecular complexity index is 1090. The number of hydrogen-bond donors (Lipinski definition) is 3. The molecule has 2 aromatic heterocycles. The van der Waals surface area contributed by atoms with Crippen LogP contribution in [0.15, 0.2) is 47.6 Å². The molecule has 10 heteroatoms. The van der Waals surface area contributed by atoms with Gasteiger partial charge in [0, 0.05) is 18.8 Å². The van der Waals surface area contributed by atoms with Crippen LogP contribution in [0.4, 0.5) is 5.95 Å². The number of aliphatic hydroxyl groups excluding tert-OH is 1. The van der Waals surface area contributed by atoms with E-state index in [1.54, 1.807) is 30.6 Å². The topological polar surface area (TPSA) is 136 Å². The summed E-state index contributed by atoms with van der Waals surface area (Å²) in [7, 11) is -3.80. The molecule has 1 aromatic carbocycles. The Hall–Kier alpha value is -2.56. The molecule has 1 atom stereocenters. The second-order valence-corrected chi connectivity index (χ2v) is 9.88. The van der Waals surface area contributed by atoms with E-state index in [1.165, 1.54) is 12.1 Å². The van der Waals surface area contributed by atoms with Crippen molar-refractivity contribution in [3.63, 3.8) is 0 Å². The normalized spacial score (nSPS) is 20.9. The third kappa shape index (κ3) is 4.30. The van der Waals surface area contributed by atoms with Gasteiger partial charge in [0.2, 0.25) is 15.8 Å². The lowest BCUT2D eigenvalue weighted by atomic mass is 9.86. The van der Waals surface area contributed by atoms with Crippen molar-refractivity contribution in [2.75, 3.05) is 11.9 Å². The molecule has 1 unspecified atom stereocenters. The molecular formula is C20H26N6O3S. The maximum Gasteiger partial charge on any atom is 0.225 e. The Morgan fingerprint density at radius 3 is 2.60 bits per heavy atom. The maximum atomic E-state index is 12.8. The van der Waals surface area contributed by atoms with Gasteiger partial charge in [-0.05, 0) is 43.7 Å². The van der Waals surface area contributed by atoms with Crippen LogP contribution in [0.25, 0.3) is 11.0 Å². The first-order valence-corrected chi connectivity index (χ1v) is 11.6. The van der Waals surface area contributed by atoms with E-state index in [2.05, 4.69) is 20.4 Å². The van der Waals surface area contributed by atoms with Gasteiger partial charge in [-0.25, -0.2) is 18.1 Å². The molecule has 4 rings (SSSR count). The SMILES string of the molecule is NC1CCC(Cn2ncc3cnc(NC(CO)S(=O)(=O)c4ccccc4)nc32)CC1. The van der Waals surface area contributed by atoms with Crippen LogP contribution in [0, 0.1) is 5.92 Å². The number of fused-ring (bicyclic) bond motifs is 1. The number of benzene rings is 1. The number of nitrogens with two attached hydrogens (primary N) is 1. The molecule has 0 aliphatic heterocycles. The van der Waals surface area contributed by atoms with Crippen molar-refractivity contribution in [1.29, 1.82) is 0 Å². The van der Waals surface area contributed by atoms with E-state index in [1.807, 2.05) is 4.68 Å². The van der Waals surface area contributed by atoms with Gasteiger partial charge in [-0.3, -0.25) is 0 Å². The van der Waals surface area contributed by atoms with Gasteiger partial charge in [0.25, 0.3) is 0 Å². The van der Waals surface area contributed by atoms with Crippen LogP contribution >= 0.6 is 0 Å². The first kappa shape index (κ1) is 20.7. The van der Waals surface area contributed by atoms with Crippen LogP contribution in [-0.2, 0) is 16.4 Å². The fourth-order valence-corrected chi connectivity index (χ4v) is 5.15. The summed E-state index contributed by atoms with van der Waals surface area (Å²) in [5.41, 5.74) is 6.63. The lowest BCUT2D eigenvalue weighted by molar-refractivity contribution is 0.288. The Balaban J connectivity index is 1.55. The zero-order chi connectivity index (χ0) is 21.1. The standard InChI is InChI=1S/C20H26N6O3S/c21-16-8-6-14(7-9-16)12-26-19-15(11-23-26)10-22-20(25-19)24-18(13-27)30(28,29)17-4-2-1-3-5-17/h1-5,10-11,14,16,18,27H,6-9,12-13,21H2,(H,22,24,25). The molecule has 9 nitrogen and oxygen atoms in total. The van der Waals surface area contributed by atoms with Crippen LogP contribution < -0.4 is 11.1 Å². The van der Waals surface area contributed by atoms with Gasteiger partial charge in [0.1, 0.15) is 0 Å². The molecule has 0 bridgehead atoms. The van der Waals surface area contributed by atoms with Crippen LogP contribution in [-0.4, -0.2) is 51.3 Å². The summed E-state index contributed by atoms with van der Waals surface area (Å²) in [5.74, 6) is 0.622. The van der Waals surface area contributed by atoms with Gasteiger partial charge in [0.15, 0.2) is 11.0 Å². The molecule has 0 radical (unpaired) electrons. The highest BCUT2D eigenvalue weighted by Gasteiger charge is 2.28. The summed E-state index contributed by atoms with van der Waals surface area (Å²) in [4.78, 5) is 8.82. The molecule has 1 aliphatic carbocycles.